The van der Waals surface area contributed by atoms with Crippen molar-refractivity contribution in [2.24, 2.45) is 0 Å². The first-order valence-corrected chi connectivity index (χ1v) is 11.7. The summed E-state index contributed by atoms with van der Waals surface area (Å²) in [5, 5.41) is 6.95. The number of carbonyl (C=O) groups is 1. The lowest BCUT2D eigenvalue weighted by Gasteiger charge is -2.33. The van der Waals surface area contributed by atoms with Gasteiger partial charge < -0.3 is 9.32 Å². The molecule has 4 rings (SSSR count). The number of carbonyl (C=O) groups excluding carboxylic acids is 1. The van der Waals surface area contributed by atoms with Crippen LogP contribution in [0.4, 0.5) is 23.7 Å². The zero-order chi connectivity index (χ0) is 23.6. The first-order chi connectivity index (χ1) is 15.7. The highest BCUT2D eigenvalue weighted by molar-refractivity contribution is 7.85. The Balaban J connectivity index is 1.56. The zero-order valence-electron chi connectivity index (χ0n) is 17.1. The minimum absolute atomic E-state index is 0.191. The van der Waals surface area contributed by atoms with Gasteiger partial charge in [-0.05, 0) is 35.9 Å². The molecule has 12 heteroatoms. The van der Waals surface area contributed by atoms with Crippen LogP contribution in [0.15, 0.2) is 52.9 Å². The van der Waals surface area contributed by atoms with Gasteiger partial charge in [0.25, 0.3) is 0 Å². The smallest absolute Gasteiger partial charge is 0.413 e. The first-order valence-electron chi connectivity index (χ1n) is 9.88. The number of benzene rings is 2. The number of rotatable bonds is 4. The topological polar surface area (TPSA) is 79.5 Å². The Labute approximate surface area is 194 Å². The maximum Gasteiger partial charge on any atom is 0.470 e. The quantitative estimate of drug-likeness (QED) is 0.525. The summed E-state index contributed by atoms with van der Waals surface area (Å²) in [6, 6.07) is 13.1. The lowest BCUT2D eigenvalue weighted by Crippen LogP contribution is -2.48. The van der Waals surface area contributed by atoms with Crippen molar-refractivity contribution in [3.8, 4) is 11.5 Å². The second kappa shape index (κ2) is 9.52. The molecule has 0 N–H and O–H groups in total. The molecule has 33 heavy (non-hydrogen) atoms. The maximum atomic E-state index is 13.3. The zero-order valence-corrected chi connectivity index (χ0v) is 18.7. The Hall–Kier alpha value is -2.92. The van der Waals surface area contributed by atoms with Crippen molar-refractivity contribution in [3.63, 3.8) is 0 Å². The van der Waals surface area contributed by atoms with Crippen LogP contribution < -0.4 is 4.90 Å². The lowest BCUT2D eigenvalue weighted by atomic mass is 10.1. The predicted octanol–water partition coefficient (Wildman–Crippen LogP) is 4.60. The molecule has 2 amide bonds. The van der Waals surface area contributed by atoms with Crippen molar-refractivity contribution in [3.05, 3.63) is 65.0 Å². The fourth-order valence-corrected chi connectivity index (χ4v) is 4.54. The van der Waals surface area contributed by atoms with Crippen molar-refractivity contribution in [2.45, 2.75) is 12.7 Å². The van der Waals surface area contributed by atoms with Gasteiger partial charge in [-0.2, -0.15) is 13.2 Å². The van der Waals surface area contributed by atoms with E-state index in [2.05, 4.69) is 10.2 Å². The molecule has 0 spiro atoms. The van der Waals surface area contributed by atoms with Gasteiger partial charge in [0.2, 0.25) is 5.89 Å². The number of aromatic nitrogens is 2. The summed E-state index contributed by atoms with van der Waals surface area (Å²) >= 11 is 6.13. The highest BCUT2D eigenvalue weighted by Gasteiger charge is 2.38. The highest BCUT2D eigenvalue weighted by Crippen LogP contribution is 2.30. The lowest BCUT2D eigenvalue weighted by molar-refractivity contribution is -0.156. The molecule has 3 aromatic rings. The van der Waals surface area contributed by atoms with E-state index >= 15 is 0 Å². The molecule has 0 saturated carbocycles. The van der Waals surface area contributed by atoms with E-state index in [1.807, 2.05) is 0 Å². The minimum Gasteiger partial charge on any atom is -0.413 e. The predicted molar refractivity (Wildman–Crippen MR) is 117 cm³/mol. The van der Waals surface area contributed by atoms with Gasteiger partial charge in [-0.25, -0.2) is 4.79 Å². The second-order valence-corrected chi connectivity index (χ2v) is 9.42. The summed E-state index contributed by atoms with van der Waals surface area (Å²) in [4.78, 5) is 16.5. The van der Waals surface area contributed by atoms with E-state index in [0.717, 1.165) is 5.56 Å². The van der Waals surface area contributed by atoms with Gasteiger partial charge in [0.1, 0.15) is 0 Å². The van der Waals surface area contributed by atoms with E-state index in [9.17, 15) is 22.2 Å². The molecule has 1 aliphatic heterocycles. The summed E-state index contributed by atoms with van der Waals surface area (Å²) in [7, 11) is -0.925. The van der Waals surface area contributed by atoms with Gasteiger partial charge >= 0.3 is 18.1 Å². The van der Waals surface area contributed by atoms with Crippen molar-refractivity contribution in [2.75, 3.05) is 29.5 Å². The van der Waals surface area contributed by atoms with Crippen molar-refractivity contribution in [1.29, 1.82) is 0 Å². The van der Waals surface area contributed by atoms with Gasteiger partial charge in [0, 0.05) is 51.7 Å². The molecule has 0 radical (unpaired) electrons. The van der Waals surface area contributed by atoms with Crippen LogP contribution in [0.5, 0.6) is 0 Å². The highest BCUT2D eigenvalue weighted by atomic mass is 35.5. The molecule has 1 aliphatic rings. The van der Waals surface area contributed by atoms with Crippen molar-refractivity contribution < 1.29 is 26.6 Å². The van der Waals surface area contributed by atoms with Gasteiger partial charge in [0.15, 0.2) is 0 Å². The fourth-order valence-electron chi connectivity index (χ4n) is 3.30. The van der Waals surface area contributed by atoms with Crippen LogP contribution in [0.3, 0.4) is 0 Å². The summed E-state index contributed by atoms with van der Waals surface area (Å²) in [6.45, 7) is 0.969. The molecular formula is C21H18ClF3N4O3S. The Morgan fingerprint density at radius 3 is 2.42 bits per heavy atom. The fraction of sp³-hybridized carbons (Fsp3) is 0.286. The molecule has 2 heterocycles. The van der Waals surface area contributed by atoms with Crippen LogP contribution in [-0.2, 0) is 23.5 Å². The molecule has 0 atom stereocenters. The number of urea groups is 1. The first kappa shape index (κ1) is 23.2. The van der Waals surface area contributed by atoms with Crippen LogP contribution in [0.25, 0.3) is 11.5 Å². The average molecular weight is 499 g/mol. The SMILES string of the molecule is O=C(N1CCS(=O)CC1)N(Cc1ccc(-c2nnc(C(F)(F)F)o2)cc1)c1cccc(Cl)c1. The van der Waals surface area contributed by atoms with E-state index < -0.39 is 22.9 Å². The maximum absolute atomic E-state index is 13.3. The molecule has 1 aromatic heterocycles. The van der Waals surface area contributed by atoms with E-state index in [0.29, 0.717) is 40.9 Å². The normalized spacial score (nSPS) is 15.0. The van der Waals surface area contributed by atoms with Crippen LogP contribution >= 0.6 is 11.6 Å². The summed E-state index contributed by atoms with van der Waals surface area (Å²) in [5.41, 5.74) is 1.64. The van der Waals surface area contributed by atoms with E-state index in [1.165, 1.54) is 0 Å². The molecule has 1 saturated heterocycles. The van der Waals surface area contributed by atoms with E-state index in [-0.39, 0.29) is 18.5 Å². The molecular weight excluding hydrogens is 481 g/mol. The molecule has 0 aliphatic carbocycles. The van der Waals surface area contributed by atoms with Gasteiger partial charge in [-0.15, -0.1) is 10.2 Å². The Morgan fingerprint density at radius 2 is 1.82 bits per heavy atom. The standard InChI is InChI=1S/C21H18ClF3N4O3S/c22-16-2-1-3-17(12-16)29(20(30)28-8-10-33(31)11-9-28)13-14-4-6-15(7-5-14)18-26-27-19(32-18)21(23,24)25/h1-7,12H,8-11,13H2. The number of amides is 2. The molecule has 0 bridgehead atoms. The number of nitrogens with zero attached hydrogens (tertiary/aromatic N) is 4. The average Bonchev–Trinajstić information content (AvgIpc) is 3.29. The number of halogens is 4. The molecule has 174 valence electrons. The minimum atomic E-state index is -4.72. The van der Waals surface area contributed by atoms with Crippen LogP contribution in [-0.4, -0.2) is 49.9 Å². The second-order valence-electron chi connectivity index (χ2n) is 7.29. The van der Waals surface area contributed by atoms with Crippen LogP contribution in [0, 0.1) is 0 Å². The third-order valence-electron chi connectivity index (χ3n) is 5.01. The molecule has 7 nitrogen and oxygen atoms in total. The molecule has 1 fully saturated rings. The Bertz CT molecular complexity index is 1160. The van der Waals surface area contributed by atoms with E-state index in [4.69, 9.17) is 16.0 Å². The van der Waals surface area contributed by atoms with Crippen molar-refractivity contribution in [1.82, 2.24) is 15.1 Å². The van der Waals surface area contributed by atoms with Gasteiger partial charge in [-0.1, -0.05) is 29.8 Å². The number of hydrogen-bond donors (Lipinski definition) is 0. The summed E-state index contributed by atoms with van der Waals surface area (Å²) in [6.07, 6.45) is -4.72. The van der Waals surface area contributed by atoms with Gasteiger partial charge in [0.05, 0.1) is 6.54 Å². The summed E-state index contributed by atoms with van der Waals surface area (Å²) in [5.74, 6) is -0.818. The number of anilines is 1. The van der Waals surface area contributed by atoms with Crippen molar-refractivity contribution >= 4 is 34.1 Å². The number of hydrogen-bond acceptors (Lipinski definition) is 5. The van der Waals surface area contributed by atoms with Crippen LogP contribution in [0.2, 0.25) is 5.02 Å². The van der Waals surface area contributed by atoms with Crippen LogP contribution in [0.1, 0.15) is 11.5 Å². The third-order valence-corrected chi connectivity index (χ3v) is 6.52. The summed E-state index contributed by atoms with van der Waals surface area (Å²) < 4.78 is 54.5. The largest absolute Gasteiger partial charge is 0.470 e. The third kappa shape index (κ3) is 5.53. The Morgan fingerprint density at radius 1 is 1.12 bits per heavy atom. The molecule has 2 aromatic carbocycles. The monoisotopic (exact) mass is 498 g/mol. The van der Waals surface area contributed by atoms with E-state index in [1.54, 1.807) is 58.3 Å². The van der Waals surface area contributed by atoms with Gasteiger partial charge in [-0.3, -0.25) is 9.11 Å². The Kier molecular flexibility index (Phi) is 6.71. The molecule has 0 unspecified atom stereocenters. The number of alkyl halides is 3.